The fourth-order valence-electron chi connectivity index (χ4n) is 3.58. The van der Waals surface area contributed by atoms with Gasteiger partial charge in [-0.3, -0.25) is 4.79 Å². The van der Waals surface area contributed by atoms with Crippen molar-refractivity contribution < 1.29 is 4.79 Å². The number of aromatic nitrogens is 2. The van der Waals surface area contributed by atoms with Gasteiger partial charge in [-0.1, -0.05) is 24.3 Å². The first-order valence-corrected chi connectivity index (χ1v) is 8.17. The second-order valence-electron chi connectivity index (χ2n) is 6.42. The maximum absolute atomic E-state index is 12.9. The molecule has 1 aliphatic rings. The van der Waals surface area contributed by atoms with Crippen molar-refractivity contribution in [2.24, 2.45) is 0 Å². The molecule has 0 radical (unpaired) electrons. The van der Waals surface area contributed by atoms with Gasteiger partial charge in [0.25, 0.3) is 5.91 Å². The molecule has 1 atom stereocenters. The van der Waals surface area contributed by atoms with Crippen LogP contribution in [0.15, 0.2) is 42.7 Å². The molecule has 4 rings (SSSR count). The van der Waals surface area contributed by atoms with Gasteiger partial charge in [0.05, 0.1) is 17.3 Å². The number of aryl methyl sites for hydroxylation is 1. The average Bonchev–Trinajstić information content (AvgIpc) is 3.20. The van der Waals surface area contributed by atoms with Crippen LogP contribution in [0.5, 0.6) is 0 Å². The van der Waals surface area contributed by atoms with E-state index in [1.807, 2.05) is 37.3 Å². The first-order chi connectivity index (χ1) is 11.6. The third-order valence-electron chi connectivity index (χ3n) is 4.69. The monoisotopic (exact) mass is 320 g/mol. The van der Waals surface area contributed by atoms with Gasteiger partial charge in [0, 0.05) is 31.9 Å². The molecule has 0 spiro atoms. The predicted octanol–water partition coefficient (Wildman–Crippen LogP) is 3.05. The second kappa shape index (κ2) is 5.67. The highest BCUT2D eigenvalue weighted by Crippen LogP contribution is 2.32. The molecular weight excluding hydrogens is 300 g/mol. The number of pyridine rings is 1. The van der Waals surface area contributed by atoms with E-state index < -0.39 is 0 Å². The molecule has 24 heavy (non-hydrogen) atoms. The topological polar surface area (TPSA) is 61.0 Å². The molecule has 1 aromatic carbocycles. The van der Waals surface area contributed by atoms with Crippen molar-refractivity contribution in [1.29, 1.82) is 0 Å². The Balaban J connectivity index is 1.68. The molecule has 122 valence electrons. The number of amides is 1. The van der Waals surface area contributed by atoms with Crippen molar-refractivity contribution >= 4 is 22.6 Å². The minimum atomic E-state index is -0.0731. The van der Waals surface area contributed by atoms with Crippen LogP contribution in [0.2, 0.25) is 0 Å². The Morgan fingerprint density at radius 2 is 2.12 bits per heavy atom. The van der Waals surface area contributed by atoms with Gasteiger partial charge in [0.15, 0.2) is 0 Å². The average molecular weight is 320 g/mol. The smallest absolute Gasteiger partial charge is 0.255 e. The summed E-state index contributed by atoms with van der Waals surface area (Å²) in [4.78, 5) is 22.4. The molecule has 1 unspecified atom stereocenters. The molecule has 3 aromatic rings. The van der Waals surface area contributed by atoms with E-state index in [-0.39, 0.29) is 11.9 Å². The number of fused-ring (bicyclic) bond motifs is 2. The van der Waals surface area contributed by atoms with Crippen molar-refractivity contribution in [3.8, 4) is 0 Å². The number of hydrogen-bond donors (Lipinski definition) is 2. The van der Waals surface area contributed by atoms with Gasteiger partial charge < -0.3 is 15.2 Å². The fraction of sp³-hybridized carbons (Fsp3) is 0.263. The van der Waals surface area contributed by atoms with Crippen LogP contribution in [-0.4, -0.2) is 30.0 Å². The third kappa shape index (κ3) is 2.33. The number of benzene rings is 1. The molecule has 5 heteroatoms. The van der Waals surface area contributed by atoms with Crippen LogP contribution in [0.3, 0.4) is 0 Å². The molecule has 2 aromatic heterocycles. The van der Waals surface area contributed by atoms with Crippen molar-refractivity contribution in [2.45, 2.75) is 18.9 Å². The Kier molecular flexibility index (Phi) is 3.49. The molecule has 1 aliphatic carbocycles. The number of aromatic amines is 1. The molecule has 0 saturated heterocycles. The Hall–Kier alpha value is -2.82. The summed E-state index contributed by atoms with van der Waals surface area (Å²) in [6.07, 6.45) is 5.46. The van der Waals surface area contributed by atoms with Gasteiger partial charge in [-0.2, -0.15) is 0 Å². The van der Waals surface area contributed by atoms with E-state index in [9.17, 15) is 4.79 Å². The number of carbonyl (C=O) groups excluding carboxylic acids is 1. The van der Waals surface area contributed by atoms with E-state index in [2.05, 4.69) is 33.5 Å². The maximum atomic E-state index is 12.9. The summed E-state index contributed by atoms with van der Waals surface area (Å²) in [5.74, 6) is -0.0731. The maximum Gasteiger partial charge on any atom is 0.255 e. The lowest BCUT2D eigenvalue weighted by Gasteiger charge is -2.20. The normalized spacial score (nSPS) is 16.2. The third-order valence-corrected chi connectivity index (χ3v) is 4.69. The van der Waals surface area contributed by atoms with E-state index in [1.54, 1.807) is 6.20 Å². The Bertz CT molecular complexity index is 913. The SMILES string of the molecule is CN(C)c1c(C(=O)NC2CCc3ccccc32)cnc2[nH]ccc12. The highest BCUT2D eigenvalue weighted by atomic mass is 16.1. The summed E-state index contributed by atoms with van der Waals surface area (Å²) in [6, 6.07) is 10.4. The Morgan fingerprint density at radius 3 is 2.96 bits per heavy atom. The van der Waals surface area contributed by atoms with Gasteiger partial charge in [0.1, 0.15) is 5.65 Å². The van der Waals surface area contributed by atoms with Crippen LogP contribution < -0.4 is 10.2 Å². The molecule has 0 fully saturated rings. The first kappa shape index (κ1) is 14.8. The van der Waals surface area contributed by atoms with Crippen molar-refractivity contribution in [3.05, 3.63) is 59.4 Å². The number of rotatable bonds is 3. The molecule has 0 aliphatic heterocycles. The number of hydrogen-bond acceptors (Lipinski definition) is 3. The lowest BCUT2D eigenvalue weighted by molar-refractivity contribution is 0.0937. The van der Waals surface area contributed by atoms with Gasteiger partial charge >= 0.3 is 0 Å². The van der Waals surface area contributed by atoms with E-state index in [0.29, 0.717) is 5.56 Å². The van der Waals surface area contributed by atoms with Gasteiger partial charge in [-0.05, 0) is 30.0 Å². The summed E-state index contributed by atoms with van der Waals surface area (Å²) < 4.78 is 0. The Morgan fingerprint density at radius 1 is 1.29 bits per heavy atom. The number of anilines is 1. The van der Waals surface area contributed by atoms with Crippen molar-refractivity contribution in [2.75, 3.05) is 19.0 Å². The molecule has 2 N–H and O–H groups in total. The molecule has 5 nitrogen and oxygen atoms in total. The summed E-state index contributed by atoms with van der Waals surface area (Å²) in [5.41, 5.74) is 4.85. The molecule has 0 saturated carbocycles. The van der Waals surface area contributed by atoms with Crippen LogP contribution in [0.1, 0.15) is 33.9 Å². The zero-order valence-corrected chi connectivity index (χ0v) is 13.8. The van der Waals surface area contributed by atoms with Crippen molar-refractivity contribution in [1.82, 2.24) is 15.3 Å². The summed E-state index contributed by atoms with van der Waals surface area (Å²) in [6.45, 7) is 0. The highest BCUT2D eigenvalue weighted by Gasteiger charge is 2.25. The summed E-state index contributed by atoms with van der Waals surface area (Å²) in [7, 11) is 3.90. The van der Waals surface area contributed by atoms with Crippen LogP contribution in [0.25, 0.3) is 11.0 Å². The highest BCUT2D eigenvalue weighted by molar-refractivity contribution is 6.06. The molecule has 1 amide bonds. The Labute approximate surface area is 140 Å². The van der Waals surface area contributed by atoms with Gasteiger partial charge in [-0.15, -0.1) is 0 Å². The van der Waals surface area contributed by atoms with Crippen LogP contribution >= 0.6 is 0 Å². The van der Waals surface area contributed by atoms with E-state index >= 15 is 0 Å². The largest absolute Gasteiger partial charge is 0.376 e. The molecule has 2 heterocycles. The molecule has 0 bridgehead atoms. The second-order valence-corrected chi connectivity index (χ2v) is 6.42. The van der Waals surface area contributed by atoms with Gasteiger partial charge in [0.2, 0.25) is 0 Å². The number of nitrogens with zero attached hydrogens (tertiary/aromatic N) is 2. The van der Waals surface area contributed by atoms with Crippen molar-refractivity contribution in [3.63, 3.8) is 0 Å². The summed E-state index contributed by atoms with van der Waals surface area (Å²) in [5, 5.41) is 4.15. The fourth-order valence-corrected chi connectivity index (χ4v) is 3.58. The predicted molar refractivity (Wildman–Crippen MR) is 95.4 cm³/mol. The van der Waals surface area contributed by atoms with E-state index in [1.165, 1.54) is 11.1 Å². The van der Waals surface area contributed by atoms with E-state index in [0.717, 1.165) is 29.6 Å². The first-order valence-electron chi connectivity index (χ1n) is 8.17. The lowest BCUT2D eigenvalue weighted by Crippen LogP contribution is -2.29. The quantitative estimate of drug-likeness (QED) is 0.780. The van der Waals surface area contributed by atoms with Gasteiger partial charge in [-0.25, -0.2) is 4.98 Å². The standard InChI is InChI=1S/C19H20N4O/c1-23(2)17-14-9-10-20-18(14)21-11-15(17)19(24)22-16-8-7-12-5-3-4-6-13(12)16/h3-6,9-11,16H,7-8H2,1-2H3,(H,20,21)(H,22,24). The number of H-pyrrole nitrogens is 1. The van der Waals surface area contributed by atoms with Crippen LogP contribution in [0.4, 0.5) is 5.69 Å². The zero-order chi connectivity index (χ0) is 16.7. The van der Waals surface area contributed by atoms with E-state index in [4.69, 9.17) is 0 Å². The number of carbonyl (C=O) groups is 1. The molecular formula is C19H20N4O. The summed E-state index contributed by atoms with van der Waals surface area (Å²) >= 11 is 0. The zero-order valence-electron chi connectivity index (χ0n) is 13.8. The lowest BCUT2D eigenvalue weighted by atomic mass is 10.1. The number of nitrogens with one attached hydrogen (secondary N) is 2. The van der Waals surface area contributed by atoms with Crippen LogP contribution in [-0.2, 0) is 6.42 Å². The minimum Gasteiger partial charge on any atom is -0.376 e. The minimum absolute atomic E-state index is 0.0731. The van der Waals surface area contributed by atoms with Crippen LogP contribution in [0, 0.1) is 0 Å².